The zero-order valence-electron chi connectivity index (χ0n) is 18.3. The summed E-state index contributed by atoms with van der Waals surface area (Å²) in [6, 6.07) is -0.462. The van der Waals surface area contributed by atoms with Gasteiger partial charge >= 0.3 is 5.97 Å². The first-order valence-corrected chi connectivity index (χ1v) is 12.9. The Morgan fingerprint density at radius 1 is 0.741 bits per heavy atom. The van der Waals surface area contributed by atoms with Gasteiger partial charge in [0.25, 0.3) is 0 Å². The molecule has 0 amide bonds. The zero-order valence-corrected chi connectivity index (χ0v) is 19.1. The molecule has 0 aromatic carbocycles. The van der Waals surface area contributed by atoms with Crippen molar-refractivity contribution in [2.75, 3.05) is 18.1 Å². The van der Waals surface area contributed by atoms with E-state index in [1.807, 2.05) is 6.92 Å². The van der Waals surface area contributed by atoms with Crippen molar-refractivity contribution >= 4 is 17.7 Å². The molecule has 0 fully saturated rings. The largest absolute Gasteiger partial charge is 0.465 e. The van der Waals surface area contributed by atoms with Crippen molar-refractivity contribution in [3.63, 3.8) is 0 Å². The lowest BCUT2D eigenvalue weighted by atomic mass is 10.0. The number of unbranched alkanes of at least 4 members (excludes halogenated alkanes) is 15. The molecule has 0 saturated heterocycles. The molecule has 0 aliphatic rings. The van der Waals surface area contributed by atoms with Gasteiger partial charge in [0, 0.05) is 5.75 Å². The summed E-state index contributed by atoms with van der Waals surface area (Å²) in [5, 5.41) is 0. The Bertz CT molecular complexity index is 313. The predicted octanol–water partition coefficient (Wildman–Crippen LogP) is 6.87. The van der Waals surface area contributed by atoms with Crippen molar-refractivity contribution in [1.82, 2.24) is 0 Å². The van der Waals surface area contributed by atoms with Gasteiger partial charge in [-0.3, -0.25) is 4.79 Å². The number of thioether (sulfide) groups is 1. The van der Waals surface area contributed by atoms with Gasteiger partial charge in [-0.05, 0) is 19.1 Å². The second kappa shape index (κ2) is 22.1. The number of hydrogen-bond donors (Lipinski definition) is 1. The monoisotopic (exact) mass is 401 g/mol. The molecule has 0 saturated carbocycles. The summed E-state index contributed by atoms with van der Waals surface area (Å²) in [4.78, 5) is 11.4. The van der Waals surface area contributed by atoms with E-state index in [1.165, 1.54) is 103 Å². The minimum absolute atomic E-state index is 0.267. The minimum atomic E-state index is -0.462. The molecule has 2 N–H and O–H groups in total. The number of ether oxygens (including phenoxy) is 1. The van der Waals surface area contributed by atoms with Crippen molar-refractivity contribution in [3.05, 3.63) is 0 Å². The molecule has 0 aromatic rings. The second-order valence-corrected chi connectivity index (χ2v) is 8.89. The molecule has 0 aromatic heterocycles. The lowest BCUT2D eigenvalue weighted by Crippen LogP contribution is -2.34. The maximum atomic E-state index is 11.4. The Labute approximate surface area is 174 Å². The quantitative estimate of drug-likeness (QED) is 0.168. The van der Waals surface area contributed by atoms with Crippen molar-refractivity contribution in [2.45, 2.75) is 123 Å². The average molecular weight is 402 g/mol. The summed E-state index contributed by atoms with van der Waals surface area (Å²) >= 11 is 1.78. The Morgan fingerprint density at radius 3 is 1.56 bits per heavy atom. The SMILES string of the molecule is CCCCCCCCCCCCCCCCCCSCC(N)C(=O)OCC. The number of rotatable bonds is 21. The fourth-order valence-corrected chi connectivity index (χ4v) is 4.24. The Hall–Kier alpha value is -0.220. The normalized spacial score (nSPS) is 12.3. The summed E-state index contributed by atoms with van der Waals surface area (Å²) < 4.78 is 4.91. The lowest BCUT2D eigenvalue weighted by Gasteiger charge is -2.09. The highest BCUT2D eigenvalue weighted by Crippen LogP contribution is 2.14. The summed E-state index contributed by atoms with van der Waals surface area (Å²) in [7, 11) is 0. The molecule has 4 heteroatoms. The maximum absolute atomic E-state index is 11.4. The molecule has 27 heavy (non-hydrogen) atoms. The molecule has 1 unspecified atom stereocenters. The highest BCUT2D eigenvalue weighted by molar-refractivity contribution is 7.99. The van der Waals surface area contributed by atoms with E-state index in [4.69, 9.17) is 10.5 Å². The molecule has 0 bridgehead atoms. The van der Waals surface area contributed by atoms with Gasteiger partial charge in [0.15, 0.2) is 0 Å². The van der Waals surface area contributed by atoms with Crippen LogP contribution in [-0.2, 0) is 9.53 Å². The third kappa shape index (κ3) is 20.3. The van der Waals surface area contributed by atoms with E-state index in [2.05, 4.69) is 6.92 Å². The Balaban J connectivity index is 3.12. The van der Waals surface area contributed by atoms with Crippen LogP contribution in [0.4, 0.5) is 0 Å². The first-order valence-electron chi connectivity index (χ1n) is 11.7. The van der Waals surface area contributed by atoms with Crippen LogP contribution < -0.4 is 5.73 Å². The van der Waals surface area contributed by atoms with Crippen LogP contribution in [0.2, 0.25) is 0 Å². The van der Waals surface area contributed by atoms with E-state index in [0.29, 0.717) is 12.4 Å². The number of hydrogen-bond acceptors (Lipinski definition) is 4. The van der Waals surface area contributed by atoms with Gasteiger partial charge < -0.3 is 10.5 Å². The topological polar surface area (TPSA) is 52.3 Å². The van der Waals surface area contributed by atoms with Crippen LogP contribution in [0.25, 0.3) is 0 Å². The third-order valence-electron chi connectivity index (χ3n) is 5.03. The van der Waals surface area contributed by atoms with Crippen LogP contribution in [0.5, 0.6) is 0 Å². The zero-order chi connectivity index (χ0) is 20.0. The van der Waals surface area contributed by atoms with Crippen molar-refractivity contribution in [3.8, 4) is 0 Å². The van der Waals surface area contributed by atoms with Crippen molar-refractivity contribution in [2.24, 2.45) is 5.73 Å². The van der Waals surface area contributed by atoms with Gasteiger partial charge in [-0.2, -0.15) is 11.8 Å². The van der Waals surface area contributed by atoms with E-state index >= 15 is 0 Å². The number of carbonyl (C=O) groups is 1. The van der Waals surface area contributed by atoms with Crippen LogP contribution in [0.15, 0.2) is 0 Å². The fourth-order valence-electron chi connectivity index (χ4n) is 3.28. The molecule has 0 aliphatic heterocycles. The molecule has 0 radical (unpaired) electrons. The Kier molecular flexibility index (Phi) is 21.9. The summed E-state index contributed by atoms with van der Waals surface area (Å²) in [5.41, 5.74) is 5.78. The van der Waals surface area contributed by atoms with Gasteiger partial charge in [-0.15, -0.1) is 0 Å². The number of esters is 1. The molecule has 162 valence electrons. The van der Waals surface area contributed by atoms with Gasteiger partial charge in [-0.1, -0.05) is 103 Å². The van der Waals surface area contributed by atoms with Gasteiger partial charge in [0.05, 0.1) is 6.61 Å². The lowest BCUT2D eigenvalue weighted by molar-refractivity contribution is -0.144. The fraction of sp³-hybridized carbons (Fsp3) is 0.957. The maximum Gasteiger partial charge on any atom is 0.323 e. The molecular formula is C23H47NO2S. The molecule has 0 rings (SSSR count). The van der Waals surface area contributed by atoms with E-state index in [-0.39, 0.29) is 5.97 Å². The average Bonchev–Trinajstić information content (AvgIpc) is 2.67. The van der Waals surface area contributed by atoms with E-state index < -0.39 is 6.04 Å². The summed E-state index contributed by atoms with van der Waals surface area (Å²) in [5.74, 6) is 1.51. The molecular weight excluding hydrogens is 354 g/mol. The highest BCUT2D eigenvalue weighted by Gasteiger charge is 2.13. The Morgan fingerprint density at radius 2 is 1.15 bits per heavy atom. The first kappa shape index (κ1) is 26.8. The summed E-state index contributed by atoms with van der Waals surface area (Å²) in [6.45, 7) is 4.51. The third-order valence-corrected chi connectivity index (χ3v) is 6.20. The molecule has 0 spiro atoms. The van der Waals surface area contributed by atoms with Crippen LogP contribution in [0, 0.1) is 0 Å². The van der Waals surface area contributed by atoms with E-state index in [0.717, 1.165) is 5.75 Å². The van der Waals surface area contributed by atoms with Crippen molar-refractivity contribution in [1.29, 1.82) is 0 Å². The molecule has 0 heterocycles. The predicted molar refractivity (Wildman–Crippen MR) is 121 cm³/mol. The van der Waals surface area contributed by atoms with Crippen LogP contribution in [0.3, 0.4) is 0 Å². The number of carbonyl (C=O) groups excluding carboxylic acids is 1. The number of nitrogens with two attached hydrogens (primary N) is 1. The van der Waals surface area contributed by atoms with Crippen LogP contribution >= 0.6 is 11.8 Å². The van der Waals surface area contributed by atoms with Crippen molar-refractivity contribution < 1.29 is 9.53 Å². The molecule has 1 atom stereocenters. The van der Waals surface area contributed by atoms with E-state index in [9.17, 15) is 4.79 Å². The van der Waals surface area contributed by atoms with Gasteiger partial charge in [0.2, 0.25) is 0 Å². The van der Waals surface area contributed by atoms with Gasteiger partial charge in [0.1, 0.15) is 6.04 Å². The molecule has 3 nitrogen and oxygen atoms in total. The second-order valence-electron chi connectivity index (χ2n) is 7.74. The highest BCUT2D eigenvalue weighted by atomic mass is 32.2. The van der Waals surface area contributed by atoms with Crippen LogP contribution in [0.1, 0.15) is 117 Å². The smallest absolute Gasteiger partial charge is 0.323 e. The van der Waals surface area contributed by atoms with E-state index in [1.54, 1.807) is 11.8 Å². The first-order chi connectivity index (χ1) is 13.2. The summed E-state index contributed by atoms with van der Waals surface area (Å²) in [6.07, 6.45) is 22.4. The van der Waals surface area contributed by atoms with Gasteiger partial charge in [-0.25, -0.2) is 0 Å². The molecule has 0 aliphatic carbocycles. The standard InChI is InChI=1S/C23H47NO2S/c1-3-5-6-7-8-9-10-11-12-13-14-15-16-17-18-19-20-27-21-22(24)23(25)26-4-2/h22H,3-21,24H2,1-2H3. The minimum Gasteiger partial charge on any atom is -0.465 e. The van der Waals surface area contributed by atoms with Crippen LogP contribution in [-0.4, -0.2) is 30.1 Å².